The van der Waals surface area contributed by atoms with Gasteiger partial charge in [0.2, 0.25) is 0 Å². The van der Waals surface area contributed by atoms with E-state index >= 15 is 0 Å². The van der Waals surface area contributed by atoms with Crippen LogP contribution in [0.4, 0.5) is 5.69 Å². The van der Waals surface area contributed by atoms with Crippen molar-refractivity contribution in [2.75, 3.05) is 25.5 Å². The molecule has 2 rings (SSSR count). The predicted molar refractivity (Wildman–Crippen MR) is 82.9 cm³/mol. The van der Waals surface area contributed by atoms with E-state index in [2.05, 4.69) is 33.2 Å². The monoisotopic (exact) mass is 350 g/mol. The van der Waals surface area contributed by atoms with Crippen molar-refractivity contribution in [2.24, 2.45) is 0 Å². The first-order chi connectivity index (χ1) is 8.56. The Kier molecular flexibility index (Phi) is 5.19. The van der Waals surface area contributed by atoms with Gasteiger partial charge in [-0.2, -0.15) is 0 Å². The minimum absolute atomic E-state index is 0.450. The summed E-state index contributed by atoms with van der Waals surface area (Å²) in [4.78, 5) is 2.37. The van der Waals surface area contributed by atoms with E-state index in [-0.39, 0.29) is 0 Å². The SMILES string of the molecule is CN1CCCC(Nc2c(Cl)cc(Br)cc2Cl)CC1. The third-order valence-corrected chi connectivity index (χ3v) is 4.36. The van der Waals surface area contributed by atoms with Gasteiger partial charge >= 0.3 is 0 Å². The van der Waals surface area contributed by atoms with Crippen LogP contribution >= 0.6 is 39.1 Å². The van der Waals surface area contributed by atoms with E-state index in [1.807, 2.05) is 12.1 Å². The molecular formula is C13H17BrCl2N2. The fraction of sp³-hybridized carbons (Fsp3) is 0.538. The van der Waals surface area contributed by atoms with Gasteiger partial charge in [-0.25, -0.2) is 0 Å². The molecule has 0 amide bonds. The molecule has 2 nitrogen and oxygen atoms in total. The zero-order chi connectivity index (χ0) is 13.1. The van der Waals surface area contributed by atoms with Crippen molar-refractivity contribution in [2.45, 2.75) is 25.3 Å². The highest BCUT2D eigenvalue weighted by molar-refractivity contribution is 9.10. The Hall–Kier alpha value is 0.0400. The minimum atomic E-state index is 0.450. The van der Waals surface area contributed by atoms with Crippen LogP contribution in [0.3, 0.4) is 0 Å². The molecular weight excluding hydrogens is 335 g/mol. The Bertz CT molecular complexity index is 402. The van der Waals surface area contributed by atoms with Crippen LogP contribution in [-0.4, -0.2) is 31.1 Å². The molecule has 1 fully saturated rings. The number of anilines is 1. The molecule has 18 heavy (non-hydrogen) atoms. The maximum Gasteiger partial charge on any atom is 0.0721 e. The number of hydrogen-bond acceptors (Lipinski definition) is 2. The van der Waals surface area contributed by atoms with Crippen LogP contribution in [0.15, 0.2) is 16.6 Å². The van der Waals surface area contributed by atoms with Crippen molar-refractivity contribution < 1.29 is 0 Å². The summed E-state index contributed by atoms with van der Waals surface area (Å²) in [6.07, 6.45) is 3.49. The summed E-state index contributed by atoms with van der Waals surface area (Å²) in [6, 6.07) is 4.20. The average Bonchev–Trinajstić information content (AvgIpc) is 2.48. The molecule has 100 valence electrons. The van der Waals surface area contributed by atoms with Crippen molar-refractivity contribution in [1.82, 2.24) is 4.90 Å². The standard InChI is InChI=1S/C13H17BrCl2N2/c1-18-5-2-3-10(4-6-18)17-13-11(15)7-9(14)8-12(13)16/h7-8,10,17H,2-6H2,1H3. The fourth-order valence-corrected chi connectivity index (χ4v) is 3.59. The molecule has 1 N–H and O–H groups in total. The van der Waals surface area contributed by atoms with Crippen molar-refractivity contribution in [1.29, 1.82) is 0 Å². The van der Waals surface area contributed by atoms with E-state index in [9.17, 15) is 0 Å². The zero-order valence-corrected chi connectivity index (χ0v) is 13.4. The first-order valence-electron chi connectivity index (χ1n) is 6.16. The Balaban J connectivity index is 2.09. The first kappa shape index (κ1) is 14.4. The number of nitrogens with zero attached hydrogens (tertiary/aromatic N) is 1. The molecule has 0 bridgehead atoms. The smallest absolute Gasteiger partial charge is 0.0721 e. The van der Waals surface area contributed by atoms with Gasteiger partial charge in [-0.15, -0.1) is 0 Å². The Morgan fingerprint density at radius 3 is 2.56 bits per heavy atom. The van der Waals surface area contributed by atoms with E-state index in [1.54, 1.807) is 0 Å². The molecule has 0 radical (unpaired) electrons. The van der Waals surface area contributed by atoms with Crippen molar-refractivity contribution in [3.63, 3.8) is 0 Å². The highest BCUT2D eigenvalue weighted by Gasteiger charge is 2.17. The van der Waals surface area contributed by atoms with E-state index < -0.39 is 0 Å². The molecule has 0 spiro atoms. The van der Waals surface area contributed by atoms with Gasteiger partial charge in [-0.05, 0) is 51.5 Å². The van der Waals surface area contributed by atoms with Gasteiger partial charge in [0.15, 0.2) is 0 Å². The van der Waals surface area contributed by atoms with Gasteiger partial charge in [0.1, 0.15) is 0 Å². The maximum atomic E-state index is 6.24. The van der Waals surface area contributed by atoms with Gasteiger partial charge in [0.25, 0.3) is 0 Å². The topological polar surface area (TPSA) is 15.3 Å². The minimum Gasteiger partial charge on any atom is -0.380 e. The number of benzene rings is 1. The summed E-state index contributed by atoms with van der Waals surface area (Å²) in [5.41, 5.74) is 0.857. The molecule has 0 aromatic heterocycles. The van der Waals surface area contributed by atoms with Gasteiger partial charge in [-0.1, -0.05) is 39.1 Å². The van der Waals surface area contributed by atoms with Crippen LogP contribution in [0.1, 0.15) is 19.3 Å². The fourth-order valence-electron chi connectivity index (χ4n) is 2.27. The van der Waals surface area contributed by atoms with Crippen molar-refractivity contribution in [3.05, 3.63) is 26.7 Å². The lowest BCUT2D eigenvalue weighted by atomic mass is 10.1. The Labute approximate surface area is 127 Å². The summed E-state index contributed by atoms with van der Waals surface area (Å²) in [5, 5.41) is 4.84. The lowest BCUT2D eigenvalue weighted by molar-refractivity contribution is 0.348. The normalized spacial score (nSPS) is 21.7. The number of hydrogen-bond donors (Lipinski definition) is 1. The summed E-state index contributed by atoms with van der Waals surface area (Å²) >= 11 is 15.9. The molecule has 1 unspecified atom stereocenters. The van der Waals surface area contributed by atoms with Gasteiger partial charge in [0.05, 0.1) is 15.7 Å². The molecule has 1 aromatic carbocycles. The lowest BCUT2D eigenvalue weighted by Crippen LogP contribution is -2.23. The summed E-state index contributed by atoms with van der Waals surface area (Å²) in [6.45, 7) is 2.28. The second-order valence-electron chi connectivity index (χ2n) is 4.82. The zero-order valence-electron chi connectivity index (χ0n) is 10.3. The van der Waals surface area contributed by atoms with Crippen LogP contribution in [0.5, 0.6) is 0 Å². The van der Waals surface area contributed by atoms with Crippen molar-refractivity contribution in [3.8, 4) is 0 Å². The Morgan fingerprint density at radius 2 is 1.89 bits per heavy atom. The molecule has 1 saturated heterocycles. The Morgan fingerprint density at radius 1 is 1.22 bits per heavy atom. The molecule has 1 aliphatic rings. The highest BCUT2D eigenvalue weighted by atomic mass is 79.9. The van der Waals surface area contributed by atoms with Gasteiger partial charge in [-0.3, -0.25) is 0 Å². The summed E-state index contributed by atoms with van der Waals surface area (Å²) in [7, 11) is 2.17. The third-order valence-electron chi connectivity index (χ3n) is 3.31. The molecule has 1 aliphatic heterocycles. The molecule has 1 heterocycles. The second-order valence-corrected chi connectivity index (χ2v) is 6.55. The predicted octanol–water partition coefficient (Wildman–Crippen LogP) is 4.65. The maximum absolute atomic E-state index is 6.24. The van der Waals surface area contributed by atoms with Gasteiger partial charge in [0, 0.05) is 10.5 Å². The van der Waals surface area contributed by atoms with E-state index in [0.29, 0.717) is 16.1 Å². The molecule has 1 atom stereocenters. The van der Waals surface area contributed by atoms with Crippen LogP contribution in [0.25, 0.3) is 0 Å². The van der Waals surface area contributed by atoms with Crippen LogP contribution < -0.4 is 5.32 Å². The van der Waals surface area contributed by atoms with E-state index in [0.717, 1.165) is 29.5 Å². The first-order valence-corrected chi connectivity index (χ1v) is 7.71. The second kappa shape index (κ2) is 6.47. The highest BCUT2D eigenvalue weighted by Crippen LogP contribution is 2.35. The lowest BCUT2D eigenvalue weighted by Gasteiger charge is -2.20. The number of nitrogens with one attached hydrogen (secondary N) is 1. The largest absolute Gasteiger partial charge is 0.380 e. The van der Waals surface area contributed by atoms with Crippen molar-refractivity contribution >= 4 is 44.8 Å². The van der Waals surface area contributed by atoms with Crippen LogP contribution in [0, 0.1) is 0 Å². The summed E-state index contributed by atoms with van der Waals surface area (Å²) in [5.74, 6) is 0. The number of halogens is 3. The van der Waals surface area contributed by atoms with E-state index in [4.69, 9.17) is 23.2 Å². The number of rotatable bonds is 2. The average molecular weight is 352 g/mol. The molecule has 1 aromatic rings. The third kappa shape index (κ3) is 3.77. The summed E-state index contributed by atoms with van der Waals surface area (Å²) < 4.78 is 0.906. The molecule has 0 saturated carbocycles. The quantitative estimate of drug-likeness (QED) is 0.834. The van der Waals surface area contributed by atoms with Crippen LogP contribution in [-0.2, 0) is 0 Å². The van der Waals surface area contributed by atoms with Crippen LogP contribution in [0.2, 0.25) is 10.0 Å². The van der Waals surface area contributed by atoms with E-state index in [1.165, 1.54) is 13.0 Å². The van der Waals surface area contributed by atoms with Gasteiger partial charge < -0.3 is 10.2 Å². The molecule has 5 heteroatoms. The molecule has 0 aliphatic carbocycles. The number of likely N-dealkylation sites (tertiary alicyclic amines) is 1.